The van der Waals surface area contributed by atoms with Crippen LogP contribution in [0.5, 0.6) is 0 Å². The minimum Gasteiger partial charge on any atom is -0.231 e. The SMILES string of the molecule is c1ccc(-c2nc(-c3ccccc3)c3c(n2)C(c2ccc(-c4cccc5c4-c4ccccc4C54c5ccccc5-c5ccccc54)cc2)(c2ccc(-c4cccc5c4-c4ccccc4C54c5ccccc5-c5ccccc54)cc2)c2ccccc2-3)cc1. The average molecular weight is 1100 g/mol. The van der Waals surface area contributed by atoms with Gasteiger partial charge in [-0.05, 0) is 134 Å². The molecule has 0 fully saturated rings. The number of rotatable bonds is 6. The molecule has 2 spiro atoms. The summed E-state index contributed by atoms with van der Waals surface area (Å²) in [4.78, 5) is 11.4. The zero-order chi connectivity index (χ0) is 57.0. The fourth-order valence-electron chi connectivity index (χ4n) is 17.0. The lowest BCUT2D eigenvalue weighted by atomic mass is 9.69. The molecule has 0 atom stereocenters. The van der Waals surface area contributed by atoms with Crippen LogP contribution in [0.3, 0.4) is 0 Å². The number of hydrogen-bond acceptors (Lipinski definition) is 2. The van der Waals surface area contributed by atoms with Crippen molar-refractivity contribution in [3.8, 4) is 101 Å². The molecule has 87 heavy (non-hydrogen) atoms. The van der Waals surface area contributed by atoms with E-state index < -0.39 is 16.2 Å². The van der Waals surface area contributed by atoms with Gasteiger partial charge in [0.05, 0.1) is 27.6 Å². The van der Waals surface area contributed by atoms with Crippen LogP contribution in [-0.2, 0) is 16.2 Å². The van der Waals surface area contributed by atoms with E-state index in [1.807, 2.05) is 0 Å². The smallest absolute Gasteiger partial charge is 0.160 e. The molecule has 2 nitrogen and oxygen atoms in total. The van der Waals surface area contributed by atoms with Gasteiger partial charge in [-0.15, -0.1) is 0 Å². The Kier molecular flexibility index (Phi) is 9.99. The van der Waals surface area contributed by atoms with Gasteiger partial charge in [0.25, 0.3) is 0 Å². The third kappa shape index (κ3) is 6.18. The fourth-order valence-corrected chi connectivity index (χ4v) is 17.0. The second-order valence-electron chi connectivity index (χ2n) is 24.0. The third-order valence-electron chi connectivity index (χ3n) is 20.2. The molecule has 0 saturated carbocycles. The molecule has 0 aliphatic heterocycles. The third-order valence-corrected chi connectivity index (χ3v) is 20.2. The van der Waals surface area contributed by atoms with E-state index in [2.05, 4.69) is 315 Å². The minimum absolute atomic E-state index is 0.437. The van der Waals surface area contributed by atoms with Crippen molar-refractivity contribution in [3.05, 3.63) is 382 Å². The standard InChI is InChI=1S/C85H52N2/c1-3-23-55(24-4-1)80-79-67-33-13-18-40-72(67)83(81(79)87-82(86-80)56-25-5-2-6-26-56,57-49-45-53(46-50-57)59-34-21-43-75-77(59)65-31-11-19-41-73(65)84(75)68-36-14-7-27-61(68)62-28-8-15-37-69(62)84)58-51-47-54(48-52-58)60-35-22-44-76-78(60)66-32-12-20-42-74(66)85(76)70-38-16-9-29-63(70)64-30-10-17-39-71(64)85/h1-52H. The molecule has 14 aromatic rings. The second-order valence-corrected chi connectivity index (χ2v) is 24.0. The summed E-state index contributed by atoms with van der Waals surface area (Å²) in [7, 11) is 0. The summed E-state index contributed by atoms with van der Waals surface area (Å²) in [5.41, 5.74) is 33.7. The van der Waals surface area contributed by atoms with E-state index in [1.165, 1.54) is 117 Å². The molecule has 2 heteroatoms. The highest BCUT2D eigenvalue weighted by Gasteiger charge is 2.55. The van der Waals surface area contributed by atoms with Crippen LogP contribution in [0.25, 0.3) is 101 Å². The first kappa shape index (κ1) is 48.3. The van der Waals surface area contributed by atoms with Gasteiger partial charge in [0.15, 0.2) is 5.82 Å². The average Bonchev–Trinajstić information content (AvgIpc) is 1.55. The second kappa shape index (κ2) is 18.0. The van der Waals surface area contributed by atoms with Gasteiger partial charge in [-0.1, -0.05) is 315 Å². The van der Waals surface area contributed by atoms with E-state index >= 15 is 0 Å². The Balaban J connectivity index is 0.834. The summed E-state index contributed by atoms with van der Waals surface area (Å²) in [6.07, 6.45) is 0. The summed E-state index contributed by atoms with van der Waals surface area (Å²) < 4.78 is 0. The Hall–Kier alpha value is -11.1. The first-order valence-electron chi connectivity index (χ1n) is 30.4. The Bertz CT molecular complexity index is 4880. The molecule has 0 amide bonds. The van der Waals surface area contributed by atoms with Gasteiger partial charge in [-0.25, -0.2) is 9.97 Å². The number of fused-ring (bicyclic) bond motifs is 23. The molecule has 402 valence electrons. The number of nitrogens with zero attached hydrogens (tertiary/aromatic N) is 2. The summed E-state index contributed by atoms with van der Waals surface area (Å²) in [5.74, 6) is 0.698. The Morgan fingerprint density at radius 3 is 0.885 bits per heavy atom. The Morgan fingerprint density at radius 2 is 0.483 bits per heavy atom. The molecular weight excluding hydrogens is 1050 g/mol. The van der Waals surface area contributed by atoms with Crippen molar-refractivity contribution in [1.29, 1.82) is 0 Å². The van der Waals surface area contributed by atoms with Crippen LogP contribution in [0.2, 0.25) is 0 Å². The number of hydrogen-bond donors (Lipinski definition) is 0. The van der Waals surface area contributed by atoms with E-state index in [0.717, 1.165) is 44.8 Å². The van der Waals surface area contributed by atoms with Crippen molar-refractivity contribution < 1.29 is 0 Å². The predicted octanol–water partition coefficient (Wildman–Crippen LogP) is 20.2. The summed E-state index contributed by atoms with van der Waals surface area (Å²) >= 11 is 0. The molecule has 0 bridgehead atoms. The highest BCUT2D eigenvalue weighted by atomic mass is 14.9. The van der Waals surface area contributed by atoms with Crippen molar-refractivity contribution in [3.63, 3.8) is 0 Å². The molecule has 0 radical (unpaired) electrons. The molecule has 5 aliphatic carbocycles. The van der Waals surface area contributed by atoms with Crippen LogP contribution in [0.1, 0.15) is 66.9 Å². The van der Waals surface area contributed by atoms with Crippen molar-refractivity contribution in [1.82, 2.24) is 9.97 Å². The first-order chi connectivity index (χ1) is 43.2. The molecule has 1 aromatic heterocycles. The number of benzene rings is 13. The summed E-state index contributed by atoms with van der Waals surface area (Å²) in [6, 6.07) is 118. The van der Waals surface area contributed by atoms with E-state index in [4.69, 9.17) is 9.97 Å². The van der Waals surface area contributed by atoms with Crippen LogP contribution in [0.4, 0.5) is 0 Å². The van der Waals surface area contributed by atoms with Crippen LogP contribution in [0.15, 0.2) is 315 Å². The maximum Gasteiger partial charge on any atom is 0.160 e. The molecule has 13 aromatic carbocycles. The predicted molar refractivity (Wildman–Crippen MR) is 354 cm³/mol. The van der Waals surface area contributed by atoms with Crippen molar-refractivity contribution in [2.75, 3.05) is 0 Å². The van der Waals surface area contributed by atoms with E-state index in [-0.39, 0.29) is 0 Å². The van der Waals surface area contributed by atoms with Crippen LogP contribution in [-0.4, -0.2) is 9.97 Å². The fraction of sp³-hybridized carbons (Fsp3) is 0.0353. The lowest BCUT2D eigenvalue weighted by Crippen LogP contribution is -2.30. The highest BCUT2D eigenvalue weighted by Crippen LogP contribution is 2.66. The Labute approximate surface area is 506 Å². The largest absolute Gasteiger partial charge is 0.231 e. The van der Waals surface area contributed by atoms with Gasteiger partial charge < -0.3 is 0 Å². The van der Waals surface area contributed by atoms with Gasteiger partial charge in [0, 0.05) is 16.7 Å². The van der Waals surface area contributed by atoms with Crippen molar-refractivity contribution in [2.45, 2.75) is 16.2 Å². The molecular formula is C85H52N2. The van der Waals surface area contributed by atoms with Crippen molar-refractivity contribution in [2.24, 2.45) is 0 Å². The zero-order valence-corrected chi connectivity index (χ0v) is 47.4. The Morgan fingerprint density at radius 1 is 0.184 bits per heavy atom. The summed E-state index contributed by atoms with van der Waals surface area (Å²) in [5, 5.41) is 0. The topological polar surface area (TPSA) is 25.8 Å². The van der Waals surface area contributed by atoms with Gasteiger partial charge in [0.2, 0.25) is 0 Å². The monoisotopic (exact) mass is 1100 g/mol. The summed E-state index contributed by atoms with van der Waals surface area (Å²) in [6.45, 7) is 0. The van der Waals surface area contributed by atoms with E-state index in [9.17, 15) is 0 Å². The quantitative estimate of drug-likeness (QED) is 0.166. The minimum atomic E-state index is -0.863. The van der Waals surface area contributed by atoms with Crippen LogP contribution < -0.4 is 0 Å². The van der Waals surface area contributed by atoms with Gasteiger partial charge in [-0.2, -0.15) is 0 Å². The van der Waals surface area contributed by atoms with Gasteiger partial charge in [0.1, 0.15) is 0 Å². The van der Waals surface area contributed by atoms with E-state index in [0.29, 0.717) is 5.82 Å². The molecule has 0 N–H and O–H groups in total. The lowest BCUT2D eigenvalue weighted by molar-refractivity contribution is 0.736. The molecule has 0 saturated heterocycles. The maximum absolute atomic E-state index is 5.88. The van der Waals surface area contributed by atoms with Crippen LogP contribution in [0, 0.1) is 0 Å². The zero-order valence-electron chi connectivity index (χ0n) is 47.4. The van der Waals surface area contributed by atoms with Gasteiger partial charge in [-0.3, -0.25) is 0 Å². The maximum atomic E-state index is 5.88. The molecule has 1 heterocycles. The first-order valence-corrected chi connectivity index (χ1v) is 30.4. The van der Waals surface area contributed by atoms with Crippen molar-refractivity contribution >= 4 is 0 Å². The van der Waals surface area contributed by atoms with Gasteiger partial charge >= 0.3 is 0 Å². The molecule has 5 aliphatic rings. The number of aromatic nitrogens is 2. The lowest BCUT2D eigenvalue weighted by Gasteiger charge is -2.33. The molecule has 19 rings (SSSR count). The molecule has 0 unspecified atom stereocenters. The normalized spacial score (nSPS) is 14.5. The van der Waals surface area contributed by atoms with Crippen LogP contribution >= 0.6 is 0 Å². The van der Waals surface area contributed by atoms with E-state index in [1.54, 1.807) is 0 Å². The highest BCUT2D eigenvalue weighted by molar-refractivity contribution is 6.02.